The molecule has 0 aliphatic heterocycles. The van der Waals surface area contributed by atoms with Gasteiger partial charge in [0, 0.05) is 6.42 Å². The van der Waals surface area contributed by atoms with Crippen molar-refractivity contribution in [1.29, 1.82) is 0 Å². The van der Waals surface area contributed by atoms with Crippen LogP contribution >= 0.6 is 0 Å². The van der Waals surface area contributed by atoms with Gasteiger partial charge in [-0.25, -0.2) is 4.79 Å². The lowest BCUT2D eigenvalue weighted by molar-refractivity contribution is -0.143. The molecule has 14 heavy (non-hydrogen) atoms. The number of hydrogen-bond donors (Lipinski definition) is 2. The summed E-state index contributed by atoms with van der Waals surface area (Å²) in [5.41, 5.74) is 0. The molecule has 0 aromatic heterocycles. The monoisotopic (exact) mass is 201 g/mol. The van der Waals surface area contributed by atoms with E-state index in [1.54, 1.807) is 13.8 Å². The second-order valence-electron chi connectivity index (χ2n) is 3.73. The maximum Gasteiger partial charge on any atom is 0.326 e. The summed E-state index contributed by atoms with van der Waals surface area (Å²) >= 11 is 0. The van der Waals surface area contributed by atoms with Gasteiger partial charge in [-0.3, -0.25) is 4.79 Å². The topological polar surface area (TPSA) is 66.4 Å². The summed E-state index contributed by atoms with van der Waals surface area (Å²) in [6.07, 6.45) is 2.15. The molecule has 0 radical (unpaired) electrons. The quantitative estimate of drug-likeness (QED) is 0.682. The van der Waals surface area contributed by atoms with Crippen molar-refractivity contribution in [2.24, 2.45) is 5.92 Å². The van der Waals surface area contributed by atoms with Gasteiger partial charge in [0.1, 0.15) is 6.04 Å². The van der Waals surface area contributed by atoms with E-state index in [9.17, 15) is 9.59 Å². The fourth-order valence-corrected chi connectivity index (χ4v) is 1.10. The fraction of sp³-hybridized carbons (Fsp3) is 0.800. The third kappa shape index (κ3) is 4.84. The second-order valence-corrected chi connectivity index (χ2v) is 3.73. The normalized spacial score (nSPS) is 12.6. The Morgan fingerprint density at radius 1 is 1.36 bits per heavy atom. The van der Waals surface area contributed by atoms with Crippen molar-refractivity contribution in [2.45, 2.75) is 46.1 Å². The molecule has 4 nitrogen and oxygen atoms in total. The lowest BCUT2D eigenvalue weighted by atomic mass is 10.0. The Hall–Kier alpha value is -1.06. The smallest absolute Gasteiger partial charge is 0.326 e. The fourth-order valence-electron chi connectivity index (χ4n) is 1.10. The van der Waals surface area contributed by atoms with E-state index in [4.69, 9.17) is 5.11 Å². The largest absolute Gasteiger partial charge is 0.480 e. The Morgan fingerprint density at radius 2 is 1.93 bits per heavy atom. The number of rotatable bonds is 6. The molecule has 1 atom stereocenters. The van der Waals surface area contributed by atoms with Crippen LogP contribution in [0, 0.1) is 5.92 Å². The number of hydrogen-bond acceptors (Lipinski definition) is 2. The molecule has 0 heterocycles. The number of unbranched alkanes of at least 4 members (excludes halogenated alkanes) is 1. The lowest BCUT2D eigenvalue weighted by Gasteiger charge is -2.17. The van der Waals surface area contributed by atoms with Gasteiger partial charge in [0.05, 0.1) is 0 Å². The Labute approximate surface area is 84.7 Å². The van der Waals surface area contributed by atoms with Gasteiger partial charge >= 0.3 is 5.97 Å². The van der Waals surface area contributed by atoms with Crippen LogP contribution in [0.5, 0.6) is 0 Å². The molecule has 0 aliphatic carbocycles. The molecular formula is C10H19NO3. The summed E-state index contributed by atoms with van der Waals surface area (Å²) < 4.78 is 0. The number of nitrogens with one attached hydrogen (secondary N) is 1. The third-order valence-corrected chi connectivity index (χ3v) is 2.01. The van der Waals surface area contributed by atoms with E-state index >= 15 is 0 Å². The van der Waals surface area contributed by atoms with Crippen LogP contribution in [-0.4, -0.2) is 23.0 Å². The van der Waals surface area contributed by atoms with Crippen molar-refractivity contribution in [1.82, 2.24) is 5.32 Å². The van der Waals surface area contributed by atoms with Crippen LogP contribution in [0.25, 0.3) is 0 Å². The summed E-state index contributed by atoms with van der Waals surface area (Å²) in [7, 11) is 0. The molecule has 4 heteroatoms. The highest BCUT2D eigenvalue weighted by Gasteiger charge is 2.22. The van der Waals surface area contributed by atoms with Gasteiger partial charge in [-0.2, -0.15) is 0 Å². The van der Waals surface area contributed by atoms with Crippen LogP contribution in [0.4, 0.5) is 0 Å². The van der Waals surface area contributed by atoms with Crippen LogP contribution in [0.2, 0.25) is 0 Å². The van der Waals surface area contributed by atoms with Gasteiger partial charge in [-0.15, -0.1) is 0 Å². The summed E-state index contributed by atoms with van der Waals surface area (Å²) in [6.45, 7) is 5.54. The minimum atomic E-state index is -0.968. The molecule has 0 saturated carbocycles. The van der Waals surface area contributed by atoms with E-state index in [0.717, 1.165) is 12.8 Å². The maximum absolute atomic E-state index is 11.2. The van der Waals surface area contributed by atoms with Crippen LogP contribution in [0.1, 0.15) is 40.0 Å². The van der Waals surface area contributed by atoms with E-state index in [1.165, 1.54) is 0 Å². The molecule has 0 unspecified atom stereocenters. The second kappa shape index (κ2) is 6.40. The zero-order valence-corrected chi connectivity index (χ0v) is 9.04. The predicted octanol–water partition coefficient (Wildman–Crippen LogP) is 1.40. The number of carbonyl (C=O) groups is 2. The van der Waals surface area contributed by atoms with Crippen LogP contribution in [0.15, 0.2) is 0 Å². The Morgan fingerprint density at radius 3 is 2.29 bits per heavy atom. The summed E-state index contributed by atoms with van der Waals surface area (Å²) in [4.78, 5) is 22.0. The van der Waals surface area contributed by atoms with Crippen molar-refractivity contribution >= 4 is 11.9 Å². The molecule has 0 rings (SSSR count). The minimum Gasteiger partial charge on any atom is -0.480 e. The first kappa shape index (κ1) is 12.9. The van der Waals surface area contributed by atoms with Crippen molar-refractivity contribution in [3.05, 3.63) is 0 Å². The number of amides is 1. The van der Waals surface area contributed by atoms with Gasteiger partial charge in [0.2, 0.25) is 5.91 Å². The molecular weight excluding hydrogens is 182 g/mol. The Bertz CT molecular complexity index is 202. The van der Waals surface area contributed by atoms with Crippen molar-refractivity contribution in [2.75, 3.05) is 0 Å². The average molecular weight is 201 g/mol. The van der Waals surface area contributed by atoms with E-state index in [1.807, 2.05) is 6.92 Å². The van der Waals surface area contributed by atoms with Gasteiger partial charge in [0.15, 0.2) is 0 Å². The van der Waals surface area contributed by atoms with Gasteiger partial charge in [0.25, 0.3) is 0 Å². The summed E-state index contributed by atoms with van der Waals surface area (Å²) in [5, 5.41) is 11.3. The maximum atomic E-state index is 11.2. The standard InChI is InChI=1S/C10H19NO3/c1-4-5-6-8(12)11-9(7(2)3)10(13)14/h7,9H,4-6H2,1-3H3,(H,11,12)(H,13,14)/t9-/m1/s1. The third-order valence-electron chi connectivity index (χ3n) is 2.01. The number of carbonyl (C=O) groups excluding carboxylic acids is 1. The molecule has 82 valence electrons. The predicted molar refractivity (Wildman–Crippen MR) is 53.9 cm³/mol. The molecule has 0 bridgehead atoms. The van der Waals surface area contributed by atoms with E-state index in [2.05, 4.69) is 5.32 Å². The molecule has 0 aromatic carbocycles. The van der Waals surface area contributed by atoms with Gasteiger partial charge in [-0.05, 0) is 12.3 Å². The lowest BCUT2D eigenvalue weighted by Crippen LogP contribution is -2.44. The molecule has 2 N–H and O–H groups in total. The van der Waals surface area contributed by atoms with E-state index < -0.39 is 12.0 Å². The average Bonchev–Trinajstić information content (AvgIpc) is 2.09. The molecule has 0 saturated heterocycles. The first-order valence-corrected chi connectivity index (χ1v) is 5.01. The first-order valence-electron chi connectivity index (χ1n) is 5.01. The molecule has 0 aromatic rings. The minimum absolute atomic E-state index is 0.0851. The molecule has 0 spiro atoms. The summed E-state index contributed by atoms with van der Waals surface area (Å²) in [5.74, 6) is -1.23. The van der Waals surface area contributed by atoms with Crippen molar-refractivity contribution in [3.8, 4) is 0 Å². The van der Waals surface area contributed by atoms with Crippen molar-refractivity contribution in [3.63, 3.8) is 0 Å². The van der Waals surface area contributed by atoms with Crippen LogP contribution in [0.3, 0.4) is 0 Å². The van der Waals surface area contributed by atoms with Crippen molar-refractivity contribution < 1.29 is 14.7 Å². The SMILES string of the molecule is CCCCC(=O)N[C@@H](C(=O)O)C(C)C. The van der Waals surface area contributed by atoms with Crippen LogP contribution in [-0.2, 0) is 9.59 Å². The molecule has 0 fully saturated rings. The van der Waals surface area contributed by atoms with Gasteiger partial charge < -0.3 is 10.4 Å². The molecule has 1 amide bonds. The number of carboxylic acids is 1. The highest BCUT2D eigenvalue weighted by Crippen LogP contribution is 2.03. The van der Waals surface area contributed by atoms with E-state index in [0.29, 0.717) is 6.42 Å². The van der Waals surface area contributed by atoms with E-state index in [-0.39, 0.29) is 11.8 Å². The Kier molecular flexibility index (Phi) is 5.92. The van der Waals surface area contributed by atoms with Crippen LogP contribution < -0.4 is 5.32 Å². The molecule has 0 aliphatic rings. The number of carboxylic acid groups (broad SMARTS) is 1. The van der Waals surface area contributed by atoms with Gasteiger partial charge in [-0.1, -0.05) is 27.2 Å². The zero-order valence-electron chi connectivity index (χ0n) is 9.04. The zero-order chi connectivity index (χ0) is 11.1. The highest BCUT2D eigenvalue weighted by molar-refractivity contribution is 5.83. The Balaban J connectivity index is 4.04. The first-order chi connectivity index (χ1) is 6.49. The highest BCUT2D eigenvalue weighted by atomic mass is 16.4. The number of aliphatic carboxylic acids is 1. The summed E-state index contributed by atoms with van der Waals surface area (Å²) in [6, 6.07) is -0.764.